The van der Waals surface area contributed by atoms with Gasteiger partial charge >= 0.3 is 5.97 Å². The van der Waals surface area contributed by atoms with Crippen molar-refractivity contribution in [1.29, 1.82) is 0 Å². The van der Waals surface area contributed by atoms with Gasteiger partial charge in [0.15, 0.2) is 0 Å². The van der Waals surface area contributed by atoms with Crippen molar-refractivity contribution in [2.45, 2.75) is 50.4 Å². The molecule has 3 atom stereocenters. The van der Waals surface area contributed by atoms with Crippen LogP contribution in [0.2, 0.25) is 0 Å². The van der Waals surface area contributed by atoms with Gasteiger partial charge in [-0.1, -0.05) is 0 Å². The average molecular weight is 271 g/mol. The summed E-state index contributed by atoms with van der Waals surface area (Å²) >= 11 is 0. The molecule has 6 heteroatoms. The molecule has 0 spiro atoms. The van der Waals surface area contributed by atoms with Gasteiger partial charge < -0.3 is 19.5 Å². The second-order valence-electron chi connectivity index (χ2n) is 5.17. The van der Waals surface area contributed by atoms with E-state index in [0.29, 0.717) is 6.61 Å². The van der Waals surface area contributed by atoms with Gasteiger partial charge in [-0.05, 0) is 19.3 Å². The Hall–Kier alpha value is -1.14. The molecule has 0 aromatic rings. The van der Waals surface area contributed by atoms with E-state index in [1.165, 1.54) is 12.0 Å². The summed E-state index contributed by atoms with van der Waals surface area (Å²) in [5.41, 5.74) is 0. The third-order valence-corrected chi connectivity index (χ3v) is 3.75. The van der Waals surface area contributed by atoms with E-state index in [-0.39, 0.29) is 31.4 Å². The molecular weight excluding hydrogens is 250 g/mol. The third-order valence-electron chi connectivity index (χ3n) is 3.75. The average Bonchev–Trinajstić information content (AvgIpc) is 2.81. The predicted molar refractivity (Wildman–Crippen MR) is 66.3 cm³/mol. The first-order valence-electron chi connectivity index (χ1n) is 6.78. The highest BCUT2D eigenvalue weighted by Gasteiger charge is 2.40. The minimum atomic E-state index is -0.656. The van der Waals surface area contributed by atoms with Gasteiger partial charge in [0.2, 0.25) is 5.91 Å². The number of aliphatic hydroxyl groups is 1. The van der Waals surface area contributed by atoms with Crippen molar-refractivity contribution in [2.24, 2.45) is 0 Å². The first kappa shape index (κ1) is 14.3. The van der Waals surface area contributed by atoms with Crippen LogP contribution >= 0.6 is 0 Å². The van der Waals surface area contributed by atoms with Crippen molar-refractivity contribution in [3.05, 3.63) is 0 Å². The second kappa shape index (κ2) is 6.34. The van der Waals surface area contributed by atoms with Crippen LogP contribution in [0.15, 0.2) is 0 Å². The molecule has 3 unspecified atom stereocenters. The Bertz CT molecular complexity index is 340. The van der Waals surface area contributed by atoms with E-state index < -0.39 is 18.1 Å². The number of carbonyl (C=O) groups excluding carboxylic acids is 2. The first-order valence-corrected chi connectivity index (χ1v) is 6.78. The molecule has 2 aliphatic heterocycles. The van der Waals surface area contributed by atoms with Gasteiger partial charge in [-0.25, -0.2) is 4.79 Å². The van der Waals surface area contributed by atoms with Crippen LogP contribution in [-0.4, -0.2) is 60.4 Å². The van der Waals surface area contributed by atoms with Crippen LogP contribution in [0.3, 0.4) is 0 Å². The molecule has 2 aliphatic rings. The summed E-state index contributed by atoms with van der Waals surface area (Å²) in [5, 5.41) is 9.64. The molecule has 2 rings (SSSR count). The van der Waals surface area contributed by atoms with Crippen LogP contribution < -0.4 is 0 Å². The Labute approximate surface area is 112 Å². The predicted octanol–water partition coefficient (Wildman–Crippen LogP) is 0.0804. The molecule has 0 radical (unpaired) electrons. The SMILES string of the molecule is COC(=O)C1CC(O)CN1C(=O)CC1CCCCO1. The fourth-order valence-corrected chi connectivity index (χ4v) is 2.73. The largest absolute Gasteiger partial charge is 0.467 e. The van der Waals surface area contributed by atoms with Crippen LogP contribution in [0.1, 0.15) is 32.1 Å². The molecule has 2 fully saturated rings. The van der Waals surface area contributed by atoms with Gasteiger partial charge in [0.1, 0.15) is 6.04 Å². The van der Waals surface area contributed by atoms with Crippen molar-refractivity contribution in [2.75, 3.05) is 20.3 Å². The molecule has 1 amide bonds. The lowest BCUT2D eigenvalue weighted by molar-refractivity contribution is -0.152. The molecule has 0 saturated carbocycles. The fraction of sp³-hybridized carbons (Fsp3) is 0.846. The number of amides is 1. The van der Waals surface area contributed by atoms with Crippen LogP contribution in [0, 0.1) is 0 Å². The van der Waals surface area contributed by atoms with E-state index in [0.717, 1.165) is 19.3 Å². The topological polar surface area (TPSA) is 76.1 Å². The quantitative estimate of drug-likeness (QED) is 0.736. The number of likely N-dealkylation sites (tertiary alicyclic amines) is 1. The van der Waals surface area contributed by atoms with Crippen LogP contribution in [0.25, 0.3) is 0 Å². The van der Waals surface area contributed by atoms with E-state index in [1.54, 1.807) is 0 Å². The standard InChI is InChI=1S/C13H21NO5/c1-18-13(17)11-6-9(15)8-14(11)12(16)7-10-4-2-3-5-19-10/h9-11,15H,2-8H2,1H3. The number of ether oxygens (including phenoxy) is 2. The number of β-amino-alcohol motifs (C(OH)–C–C–N with tert-alkyl or cyclic N) is 1. The zero-order valence-corrected chi connectivity index (χ0v) is 11.2. The smallest absolute Gasteiger partial charge is 0.328 e. The van der Waals surface area contributed by atoms with E-state index in [2.05, 4.69) is 4.74 Å². The lowest BCUT2D eigenvalue weighted by Gasteiger charge is -2.27. The minimum absolute atomic E-state index is 0.0581. The maximum Gasteiger partial charge on any atom is 0.328 e. The zero-order chi connectivity index (χ0) is 13.8. The van der Waals surface area contributed by atoms with Gasteiger partial charge in [-0.2, -0.15) is 0 Å². The zero-order valence-electron chi connectivity index (χ0n) is 11.2. The van der Waals surface area contributed by atoms with E-state index in [1.807, 2.05) is 0 Å². The first-order chi connectivity index (χ1) is 9.11. The highest BCUT2D eigenvalue weighted by atomic mass is 16.5. The summed E-state index contributed by atoms with van der Waals surface area (Å²) in [5.74, 6) is -0.603. The number of hydrogen-bond donors (Lipinski definition) is 1. The van der Waals surface area contributed by atoms with Gasteiger partial charge in [0.05, 0.1) is 25.7 Å². The highest BCUT2D eigenvalue weighted by Crippen LogP contribution is 2.23. The molecule has 0 aromatic carbocycles. The molecule has 0 bridgehead atoms. The van der Waals surface area contributed by atoms with Gasteiger partial charge in [0.25, 0.3) is 0 Å². The summed E-state index contributed by atoms with van der Waals surface area (Å²) in [6, 6.07) is -0.656. The maximum absolute atomic E-state index is 12.2. The highest BCUT2D eigenvalue weighted by molar-refractivity contribution is 5.85. The van der Waals surface area contributed by atoms with Crippen molar-refractivity contribution >= 4 is 11.9 Å². The Balaban J connectivity index is 1.94. The van der Waals surface area contributed by atoms with Gasteiger partial charge in [-0.15, -0.1) is 0 Å². The number of methoxy groups -OCH3 is 1. The van der Waals surface area contributed by atoms with E-state index in [9.17, 15) is 14.7 Å². The maximum atomic E-state index is 12.2. The van der Waals surface area contributed by atoms with Gasteiger partial charge in [-0.3, -0.25) is 4.79 Å². The van der Waals surface area contributed by atoms with E-state index >= 15 is 0 Å². The minimum Gasteiger partial charge on any atom is -0.467 e. The molecular formula is C13H21NO5. The van der Waals surface area contributed by atoms with Crippen molar-refractivity contribution in [1.82, 2.24) is 4.90 Å². The lowest BCUT2D eigenvalue weighted by Crippen LogP contribution is -2.42. The number of nitrogens with zero attached hydrogens (tertiary/aromatic N) is 1. The number of aliphatic hydroxyl groups excluding tert-OH is 1. The molecule has 0 aromatic heterocycles. The molecule has 2 heterocycles. The molecule has 19 heavy (non-hydrogen) atoms. The number of hydrogen-bond acceptors (Lipinski definition) is 5. The normalized spacial score (nSPS) is 31.3. The Kier molecular flexibility index (Phi) is 4.76. The molecule has 6 nitrogen and oxygen atoms in total. The van der Waals surface area contributed by atoms with Crippen molar-refractivity contribution < 1.29 is 24.2 Å². The Morgan fingerprint density at radius 1 is 1.42 bits per heavy atom. The lowest BCUT2D eigenvalue weighted by atomic mass is 10.1. The summed E-state index contributed by atoms with van der Waals surface area (Å²) in [7, 11) is 1.29. The summed E-state index contributed by atoms with van der Waals surface area (Å²) in [6.07, 6.45) is 2.81. The summed E-state index contributed by atoms with van der Waals surface area (Å²) < 4.78 is 10.2. The monoisotopic (exact) mass is 271 g/mol. The summed E-state index contributed by atoms with van der Waals surface area (Å²) in [4.78, 5) is 25.3. The van der Waals surface area contributed by atoms with Crippen molar-refractivity contribution in [3.8, 4) is 0 Å². The van der Waals surface area contributed by atoms with Crippen LogP contribution in [0.4, 0.5) is 0 Å². The van der Waals surface area contributed by atoms with Crippen molar-refractivity contribution in [3.63, 3.8) is 0 Å². The van der Waals surface area contributed by atoms with Gasteiger partial charge in [0, 0.05) is 19.6 Å². The second-order valence-corrected chi connectivity index (χ2v) is 5.17. The Morgan fingerprint density at radius 2 is 2.21 bits per heavy atom. The number of rotatable bonds is 3. The number of carbonyl (C=O) groups is 2. The molecule has 2 saturated heterocycles. The van der Waals surface area contributed by atoms with Crippen LogP contribution in [-0.2, 0) is 19.1 Å². The molecule has 1 N–H and O–H groups in total. The van der Waals surface area contributed by atoms with E-state index in [4.69, 9.17) is 4.74 Å². The van der Waals surface area contributed by atoms with Crippen LogP contribution in [0.5, 0.6) is 0 Å². The molecule has 0 aliphatic carbocycles. The number of esters is 1. The Morgan fingerprint density at radius 3 is 2.84 bits per heavy atom. The molecule has 108 valence electrons. The third kappa shape index (κ3) is 3.45. The fourth-order valence-electron chi connectivity index (χ4n) is 2.73. The summed E-state index contributed by atoms with van der Waals surface area (Å²) in [6.45, 7) is 0.895.